The summed E-state index contributed by atoms with van der Waals surface area (Å²) in [6.45, 7) is 5.13. The SMILES string of the molecule is CC(C)(C)[C@@H](NCC[C@H](N)C(=O)N[C@H](CNC(=O)CNC(=O)CC(SC[C@H](N)C(=O)O)C(=O)O)C(=O)O)c1cc(-c2cc(F)ccc2F)cn1Cc1ccccc1.OCCO. The molecule has 13 N–H and O–H groups in total. The maximum Gasteiger partial charge on any atom is 0.328 e. The van der Waals surface area contributed by atoms with Gasteiger partial charge in [0, 0.05) is 48.3 Å². The van der Waals surface area contributed by atoms with Crippen LogP contribution in [0, 0.1) is 17.0 Å². The highest BCUT2D eigenvalue weighted by Crippen LogP contribution is 2.37. The Balaban J connectivity index is 0.00000306. The summed E-state index contributed by atoms with van der Waals surface area (Å²) in [4.78, 5) is 71.8. The van der Waals surface area contributed by atoms with Gasteiger partial charge in [-0.15, -0.1) is 11.8 Å². The lowest BCUT2D eigenvalue weighted by Gasteiger charge is -2.33. The second kappa shape index (κ2) is 25.4. The number of aliphatic carboxylic acids is 3. The standard InChI is InChI=1S/C38H49F2N7O9S.C2H6O2/c1-38(2,3)33(29-13-22(24-14-23(39)9-10-25(24)40)19-47(29)18-21-7-5-4-6-8-21)43-12-11-26(41)34(50)46-28(36(53)54)16-44-32(49)17-45-31(48)15-30(37(55)56)57-20-27(42)35(51)52;3-1-2-4/h4-10,13-14,19,26-28,30,33,43H,11-12,15-18,20,41-42H2,1-3H3,(H,44,49)(H,45,48)(H,46,50)(H,51,52)(H,53,54)(H,55,56);3-4H,1-2H2/t26-,27-,28+,30?,33-;/m0./s1. The first-order valence-electron chi connectivity index (χ1n) is 19.0. The number of carboxylic acids is 3. The first-order valence-corrected chi connectivity index (χ1v) is 20.0. The highest BCUT2D eigenvalue weighted by Gasteiger charge is 2.31. The predicted octanol–water partition coefficient (Wildman–Crippen LogP) is 0.637. The Morgan fingerprint density at radius 1 is 0.836 bits per heavy atom. The fourth-order valence-electron chi connectivity index (χ4n) is 5.61. The number of carbonyl (C=O) groups is 6. The zero-order chi connectivity index (χ0) is 45.9. The van der Waals surface area contributed by atoms with E-state index >= 15 is 0 Å². The molecular formula is C40H55F2N7O11S. The molecule has 2 aromatic carbocycles. The largest absolute Gasteiger partial charge is 0.480 e. The van der Waals surface area contributed by atoms with Crippen LogP contribution < -0.4 is 32.7 Å². The fourth-order valence-corrected chi connectivity index (χ4v) is 6.60. The second-order valence-electron chi connectivity index (χ2n) is 14.8. The third-order valence-corrected chi connectivity index (χ3v) is 10.1. The highest BCUT2D eigenvalue weighted by atomic mass is 32.2. The zero-order valence-electron chi connectivity index (χ0n) is 34.0. The van der Waals surface area contributed by atoms with E-state index in [0.29, 0.717) is 23.9 Å². The summed E-state index contributed by atoms with van der Waals surface area (Å²) in [5, 5.41) is 52.0. The Morgan fingerprint density at radius 2 is 1.49 bits per heavy atom. The van der Waals surface area contributed by atoms with Crippen molar-refractivity contribution in [3.63, 3.8) is 0 Å². The highest BCUT2D eigenvalue weighted by molar-refractivity contribution is 8.00. The lowest BCUT2D eigenvalue weighted by Crippen LogP contribution is -2.54. The van der Waals surface area contributed by atoms with Gasteiger partial charge in [0.15, 0.2) is 0 Å². The third-order valence-electron chi connectivity index (χ3n) is 8.77. The number of nitrogens with one attached hydrogen (secondary N) is 4. The molecule has 1 heterocycles. The van der Waals surface area contributed by atoms with Crippen LogP contribution in [0.5, 0.6) is 0 Å². The quantitative estimate of drug-likeness (QED) is 0.0623. The van der Waals surface area contributed by atoms with Crippen LogP contribution in [0.3, 0.4) is 0 Å². The number of aromatic nitrogens is 1. The number of benzene rings is 2. The van der Waals surface area contributed by atoms with Crippen molar-refractivity contribution in [3.8, 4) is 11.1 Å². The summed E-state index contributed by atoms with van der Waals surface area (Å²) >= 11 is 0.652. The Labute approximate surface area is 355 Å². The van der Waals surface area contributed by atoms with E-state index < -0.39 is 95.6 Å². The zero-order valence-corrected chi connectivity index (χ0v) is 34.8. The molecule has 0 bridgehead atoms. The van der Waals surface area contributed by atoms with Crippen molar-refractivity contribution >= 4 is 47.4 Å². The minimum Gasteiger partial charge on any atom is -0.480 e. The molecule has 21 heteroatoms. The van der Waals surface area contributed by atoms with Crippen molar-refractivity contribution in [3.05, 3.63) is 83.7 Å². The lowest BCUT2D eigenvalue weighted by molar-refractivity contribution is -0.142. The molecule has 0 spiro atoms. The van der Waals surface area contributed by atoms with Crippen molar-refractivity contribution in [2.45, 2.75) is 69.6 Å². The summed E-state index contributed by atoms with van der Waals surface area (Å²) in [7, 11) is 0. The average Bonchev–Trinajstić information content (AvgIpc) is 3.61. The molecule has 3 aromatic rings. The topological polar surface area (TPSA) is 309 Å². The van der Waals surface area contributed by atoms with Gasteiger partial charge in [-0.05, 0) is 48.2 Å². The van der Waals surface area contributed by atoms with E-state index in [9.17, 15) is 47.8 Å². The van der Waals surface area contributed by atoms with Gasteiger partial charge in [0.25, 0.3) is 0 Å². The van der Waals surface area contributed by atoms with E-state index in [1.165, 1.54) is 0 Å². The molecule has 3 amide bonds. The minimum absolute atomic E-state index is 0.0613. The first-order chi connectivity index (χ1) is 28.7. The average molecular weight is 880 g/mol. The van der Waals surface area contributed by atoms with Crippen molar-refractivity contribution in [1.82, 2.24) is 25.8 Å². The molecule has 0 aliphatic heterocycles. The van der Waals surface area contributed by atoms with Gasteiger partial charge in [0.05, 0.1) is 31.8 Å². The number of aliphatic hydroxyl groups excluding tert-OH is 2. The van der Waals surface area contributed by atoms with E-state index in [4.69, 9.17) is 26.8 Å². The molecule has 5 atom stereocenters. The molecular weight excluding hydrogens is 825 g/mol. The van der Waals surface area contributed by atoms with Crippen molar-refractivity contribution < 1.29 is 63.1 Å². The summed E-state index contributed by atoms with van der Waals surface area (Å²) in [6, 6.07) is 10.1. The monoisotopic (exact) mass is 879 g/mol. The van der Waals surface area contributed by atoms with Crippen LogP contribution in [0.15, 0.2) is 60.8 Å². The van der Waals surface area contributed by atoms with Crippen LogP contribution in [0.1, 0.15) is 50.9 Å². The van der Waals surface area contributed by atoms with Gasteiger partial charge in [-0.1, -0.05) is 51.1 Å². The van der Waals surface area contributed by atoms with E-state index in [0.717, 1.165) is 29.5 Å². The summed E-state index contributed by atoms with van der Waals surface area (Å²) in [5.41, 5.74) is 13.4. The van der Waals surface area contributed by atoms with Gasteiger partial charge in [0.2, 0.25) is 17.7 Å². The van der Waals surface area contributed by atoms with Crippen LogP contribution in [-0.4, -0.2) is 128 Å². The number of hydrogen-bond donors (Lipinski definition) is 11. The van der Waals surface area contributed by atoms with Gasteiger partial charge in [-0.2, -0.15) is 0 Å². The lowest BCUT2D eigenvalue weighted by atomic mass is 9.84. The van der Waals surface area contributed by atoms with Crippen LogP contribution >= 0.6 is 11.8 Å². The number of rotatable bonds is 23. The number of hydrogen-bond acceptors (Lipinski definition) is 12. The van der Waals surface area contributed by atoms with Gasteiger partial charge in [-0.25, -0.2) is 13.6 Å². The van der Waals surface area contributed by atoms with E-state index in [2.05, 4.69) is 21.3 Å². The number of carbonyl (C=O) groups excluding carboxylic acids is 3. The number of thioether (sulfide) groups is 1. The van der Waals surface area contributed by atoms with E-state index in [1.54, 1.807) is 12.3 Å². The first kappa shape index (κ1) is 51.7. The van der Waals surface area contributed by atoms with Crippen LogP contribution in [-0.2, 0) is 35.3 Å². The molecule has 0 aliphatic rings. The molecule has 336 valence electrons. The third kappa shape index (κ3) is 18.0. The van der Waals surface area contributed by atoms with Crippen molar-refractivity contribution in [1.29, 1.82) is 0 Å². The maximum absolute atomic E-state index is 14.9. The van der Waals surface area contributed by atoms with Crippen LogP contribution in [0.2, 0.25) is 0 Å². The van der Waals surface area contributed by atoms with Gasteiger partial charge in [-0.3, -0.25) is 24.0 Å². The van der Waals surface area contributed by atoms with E-state index in [1.807, 2.05) is 55.7 Å². The number of halogens is 2. The summed E-state index contributed by atoms with van der Waals surface area (Å²) in [5.74, 6) is -8.12. The molecule has 0 saturated heterocycles. The minimum atomic E-state index is -1.59. The van der Waals surface area contributed by atoms with Crippen molar-refractivity contribution in [2.75, 3.05) is 38.6 Å². The Bertz CT molecular complexity index is 1930. The molecule has 1 unspecified atom stereocenters. The Kier molecular flexibility index (Phi) is 21.5. The van der Waals surface area contributed by atoms with Crippen LogP contribution in [0.25, 0.3) is 11.1 Å². The molecule has 0 radical (unpaired) electrons. The number of nitrogens with two attached hydrogens (primary N) is 2. The Hall–Kier alpha value is -5.45. The van der Waals surface area contributed by atoms with Gasteiger partial charge < -0.3 is 62.8 Å². The molecule has 1 aromatic heterocycles. The molecule has 0 saturated carbocycles. The normalized spacial score (nSPS) is 13.7. The summed E-state index contributed by atoms with van der Waals surface area (Å²) < 4.78 is 31.0. The fraction of sp³-hybridized carbons (Fsp3) is 0.450. The maximum atomic E-state index is 14.9. The second-order valence-corrected chi connectivity index (χ2v) is 16.0. The van der Waals surface area contributed by atoms with Gasteiger partial charge in [0.1, 0.15) is 29.0 Å². The van der Waals surface area contributed by atoms with Crippen LogP contribution in [0.4, 0.5) is 8.78 Å². The molecule has 3 rings (SSSR count). The number of aliphatic hydroxyl groups is 2. The molecule has 61 heavy (non-hydrogen) atoms. The van der Waals surface area contributed by atoms with E-state index in [-0.39, 0.29) is 43.5 Å². The smallest absolute Gasteiger partial charge is 0.328 e. The molecule has 0 aliphatic carbocycles. The predicted molar refractivity (Wildman–Crippen MR) is 222 cm³/mol. The molecule has 0 fully saturated rings. The number of amides is 3. The number of carboxylic acid groups (broad SMARTS) is 3. The van der Waals surface area contributed by atoms with Gasteiger partial charge >= 0.3 is 17.9 Å². The Morgan fingerprint density at radius 3 is 2.07 bits per heavy atom. The molecule has 18 nitrogen and oxygen atoms in total. The van der Waals surface area contributed by atoms with Crippen molar-refractivity contribution in [2.24, 2.45) is 16.9 Å². The summed E-state index contributed by atoms with van der Waals surface area (Å²) in [6.07, 6.45) is 1.23. The number of nitrogens with zero attached hydrogens (tertiary/aromatic N) is 1.